The number of aryl methyl sites for hydroxylation is 1. The zero-order chi connectivity index (χ0) is 21.3. The highest BCUT2D eigenvalue weighted by Crippen LogP contribution is 2.40. The van der Waals surface area contributed by atoms with Gasteiger partial charge in [0.25, 0.3) is 5.91 Å². The van der Waals surface area contributed by atoms with Crippen molar-refractivity contribution in [1.29, 1.82) is 0 Å². The monoisotopic (exact) mass is 430 g/mol. The Bertz CT molecular complexity index is 960. The third-order valence-electron chi connectivity index (χ3n) is 5.84. The standard InChI is InChI=1S/C21H26N4O4S/c1-14-15(13-22-23(14)2)18-17(19(26)16-5-3-12-30-16)20(27)21(28)25(18)7-4-6-24-8-10-29-11-9-24/h3,5,12-13,18,27H,4,6-11H2,1-2H3/t18-/m1/s1. The number of thiophene rings is 1. The lowest BCUT2D eigenvalue weighted by Gasteiger charge is -2.29. The van der Waals surface area contributed by atoms with Crippen molar-refractivity contribution >= 4 is 23.0 Å². The fourth-order valence-electron chi connectivity index (χ4n) is 4.05. The number of nitrogens with zero attached hydrogens (tertiary/aromatic N) is 4. The van der Waals surface area contributed by atoms with Crippen LogP contribution in [0.2, 0.25) is 0 Å². The van der Waals surface area contributed by atoms with Gasteiger partial charge in [-0.05, 0) is 24.8 Å². The summed E-state index contributed by atoms with van der Waals surface area (Å²) >= 11 is 1.30. The fourth-order valence-corrected chi connectivity index (χ4v) is 4.73. The molecule has 0 bridgehead atoms. The van der Waals surface area contributed by atoms with Crippen molar-refractivity contribution in [1.82, 2.24) is 19.6 Å². The number of aliphatic hydroxyl groups is 1. The fraction of sp³-hybridized carbons (Fsp3) is 0.476. The number of rotatable bonds is 7. The van der Waals surface area contributed by atoms with Crippen LogP contribution in [0, 0.1) is 6.92 Å². The predicted octanol–water partition coefficient (Wildman–Crippen LogP) is 2.09. The van der Waals surface area contributed by atoms with Gasteiger partial charge in [-0.1, -0.05) is 6.07 Å². The van der Waals surface area contributed by atoms with Gasteiger partial charge in [0.15, 0.2) is 5.76 Å². The van der Waals surface area contributed by atoms with Crippen molar-refractivity contribution in [2.24, 2.45) is 7.05 Å². The van der Waals surface area contributed by atoms with E-state index in [9.17, 15) is 14.7 Å². The number of hydrogen-bond donors (Lipinski definition) is 1. The van der Waals surface area contributed by atoms with Gasteiger partial charge in [-0.25, -0.2) is 0 Å². The van der Waals surface area contributed by atoms with Gasteiger partial charge >= 0.3 is 0 Å². The molecule has 4 heterocycles. The molecule has 0 spiro atoms. The van der Waals surface area contributed by atoms with Crippen LogP contribution in [-0.4, -0.2) is 75.8 Å². The number of carbonyl (C=O) groups excluding carboxylic acids is 2. The van der Waals surface area contributed by atoms with Crippen LogP contribution in [-0.2, 0) is 16.6 Å². The predicted molar refractivity (Wildman–Crippen MR) is 113 cm³/mol. The van der Waals surface area contributed by atoms with E-state index in [1.165, 1.54) is 11.3 Å². The van der Waals surface area contributed by atoms with Crippen LogP contribution in [0.5, 0.6) is 0 Å². The number of carbonyl (C=O) groups is 2. The zero-order valence-electron chi connectivity index (χ0n) is 17.2. The summed E-state index contributed by atoms with van der Waals surface area (Å²) in [5.41, 5.74) is 1.77. The highest BCUT2D eigenvalue weighted by atomic mass is 32.1. The lowest BCUT2D eigenvalue weighted by atomic mass is 9.96. The Balaban J connectivity index is 1.61. The number of ketones is 1. The number of aromatic nitrogens is 2. The Morgan fingerprint density at radius 3 is 2.73 bits per heavy atom. The molecule has 0 unspecified atom stereocenters. The van der Waals surface area contributed by atoms with E-state index in [1.807, 2.05) is 19.4 Å². The number of aliphatic hydroxyl groups excluding tert-OH is 1. The molecular weight excluding hydrogens is 404 g/mol. The van der Waals surface area contributed by atoms with E-state index >= 15 is 0 Å². The molecule has 2 aromatic heterocycles. The molecule has 0 aliphatic carbocycles. The highest BCUT2D eigenvalue weighted by Gasteiger charge is 2.44. The maximum Gasteiger partial charge on any atom is 0.290 e. The molecule has 2 aliphatic heterocycles. The lowest BCUT2D eigenvalue weighted by molar-refractivity contribution is -0.129. The molecule has 1 atom stereocenters. The normalized spacial score (nSPS) is 20.4. The first-order chi connectivity index (χ1) is 14.5. The molecule has 1 N–H and O–H groups in total. The van der Waals surface area contributed by atoms with Gasteiger partial charge in [-0.15, -0.1) is 11.3 Å². The molecule has 1 fully saturated rings. The van der Waals surface area contributed by atoms with Crippen molar-refractivity contribution in [2.45, 2.75) is 19.4 Å². The molecule has 4 rings (SSSR count). The second-order valence-electron chi connectivity index (χ2n) is 7.59. The van der Waals surface area contributed by atoms with E-state index in [1.54, 1.807) is 27.9 Å². The lowest BCUT2D eigenvalue weighted by Crippen LogP contribution is -2.39. The molecule has 8 nitrogen and oxygen atoms in total. The minimum atomic E-state index is -0.634. The summed E-state index contributed by atoms with van der Waals surface area (Å²) < 4.78 is 7.10. The molecule has 30 heavy (non-hydrogen) atoms. The van der Waals surface area contributed by atoms with Crippen LogP contribution < -0.4 is 0 Å². The number of ether oxygens (including phenoxy) is 1. The third kappa shape index (κ3) is 3.80. The molecular formula is C21H26N4O4S. The van der Waals surface area contributed by atoms with Crippen LogP contribution >= 0.6 is 11.3 Å². The van der Waals surface area contributed by atoms with Crippen LogP contribution in [0.25, 0.3) is 0 Å². The Labute approximate surface area is 179 Å². The van der Waals surface area contributed by atoms with Gasteiger partial charge < -0.3 is 14.7 Å². The minimum Gasteiger partial charge on any atom is -0.503 e. The average molecular weight is 431 g/mol. The summed E-state index contributed by atoms with van der Waals surface area (Å²) in [4.78, 5) is 30.6. The number of Topliss-reactive ketones (excluding diaryl/α,β-unsaturated/α-hetero) is 1. The molecule has 0 radical (unpaired) electrons. The number of amides is 1. The second-order valence-corrected chi connectivity index (χ2v) is 8.53. The van der Waals surface area contributed by atoms with Crippen LogP contribution in [0.1, 0.15) is 33.4 Å². The van der Waals surface area contributed by atoms with Gasteiger partial charge in [-0.2, -0.15) is 5.10 Å². The van der Waals surface area contributed by atoms with Crippen molar-refractivity contribution in [3.8, 4) is 0 Å². The molecule has 0 aromatic carbocycles. The van der Waals surface area contributed by atoms with Gasteiger partial charge in [0.2, 0.25) is 5.78 Å². The summed E-state index contributed by atoms with van der Waals surface area (Å²) in [5.74, 6) is -1.25. The molecule has 1 amide bonds. The molecule has 2 aromatic rings. The molecule has 2 aliphatic rings. The molecule has 1 saturated heterocycles. The van der Waals surface area contributed by atoms with E-state index < -0.39 is 17.7 Å². The first kappa shape index (κ1) is 20.8. The van der Waals surface area contributed by atoms with Crippen molar-refractivity contribution in [3.63, 3.8) is 0 Å². The first-order valence-corrected chi connectivity index (χ1v) is 11.0. The molecule has 9 heteroatoms. The van der Waals surface area contributed by atoms with Crippen molar-refractivity contribution in [2.75, 3.05) is 39.4 Å². The first-order valence-electron chi connectivity index (χ1n) is 10.1. The van der Waals surface area contributed by atoms with E-state index in [0.29, 0.717) is 11.4 Å². The summed E-state index contributed by atoms with van der Waals surface area (Å²) in [6.45, 7) is 6.39. The third-order valence-corrected chi connectivity index (χ3v) is 6.71. The Kier molecular flexibility index (Phi) is 6.03. The summed E-state index contributed by atoms with van der Waals surface area (Å²) in [5, 5.41) is 16.8. The van der Waals surface area contributed by atoms with Crippen LogP contribution in [0.3, 0.4) is 0 Å². The summed E-state index contributed by atoms with van der Waals surface area (Å²) in [6, 6.07) is 2.87. The van der Waals surface area contributed by atoms with E-state index in [0.717, 1.165) is 50.5 Å². The molecule has 160 valence electrons. The topological polar surface area (TPSA) is 87.9 Å². The highest BCUT2D eigenvalue weighted by molar-refractivity contribution is 7.12. The Morgan fingerprint density at radius 1 is 1.33 bits per heavy atom. The zero-order valence-corrected chi connectivity index (χ0v) is 18.0. The van der Waals surface area contributed by atoms with Crippen molar-refractivity contribution in [3.05, 3.63) is 51.2 Å². The Hall–Kier alpha value is -2.49. The van der Waals surface area contributed by atoms with Gasteiger partial charge in [0.1, 0.15) is 0 Å². The maximum atomic E-state index is 13.2. The van der Waals surface area contributed by atoms with Crippen LogP contribution in [0.15, 0.2) is 35.0 Å². The average Bonchev–Trinajstić information content (AvgIpc) is 3.45. The minimum absolute atomic E-state index is 0.143. The quantitative estimate of drug-likeness (QED) is 0.677. The molecule has 0 saturated carbocycles. The maximum absolute atomic E-state index is 13.2. The van der Waals surface area contributed by atoms with E-state index in [4.69, 9.17) is 4.74 Å². The van der Waals surface area contributed by atoms with Gasteiger partial charge in [0.05, 0.1) is 35.9 Å². The van der Waals surface area contributed by atoms with Crippen molar-refractivity contribution < 1.29 is 19.4 Å². The summed E-state index contributed by atoms with van der Waals surface area (Å²) in [6.07, 6.45) is 2.43. The van der Waals surface area contributed by atoms with Gasteiger partial charge in [0, 0.05) is 44.5 Å². The largest absolute Gasteiger partial charge is 0.503 e. The van der Waals surface area contributed by atoms with Crippen LogP contribution in [0.4, 0.5) is 0 Å². The summed E-state index contributed by atoms with van der Waals surface area (Å²) in [7, 11) is 1.82. The Morgan fingerprint density at radius 2 is 2.10 bits per heavy atom. The van der Waals surface area contributed by atoms with E-state index in [-0.39, 0.29) is 11.4 Å². The SMILES string of the molecule is Cc1c([C@@H]2C(C(=O)c3cccs3)=C(O)C(=O)N2CCCN2CCOCC2)cnn1C. The second kappa shape index (κ2) is 8.71. The number of hydrogen-bond acceptors (Lipinski definition) is 7. The van der Waals surface area contributed by atoms with Gasteiger partial charge in [-0.3, -0.25) is 19.2 Å². The smallest absolute Gasteiger partial charge is 0.290 e. The number of morpholine rings is 1. The van der Waals surface area contributed by atoms with E-state index in [2.05, 4.69) is 10.00 Å².